The normalized spacial score (nSPS) is 19.6. The number of allylic oxidation sites excluding steroid dienone is 1. The van der Waals surface area contributed by atoms with Crippen LogP contribution in [0, 0.1) is 11.2 Å². The Morgan fingerprint density at radius 2 is 2.05 bits per heavy atom. The van der Waals surface area contributed by atoms with E-state index in [9.17, 15) is 14.0 Å². The third kappa shape index (κ3) is 5.88. The van der Waals surface area contributed by atoms with Gasteiger partial charge in [0.25, 0.3) is 0 Å². The molecule has 194 valence electrons. The highest BCUT2D eigenvalue weighted by Crippen LogP contribution is 2.36. The highest BCUT2D eigenvalue weighted by molar-refractivity contribution is 6.68. The maximum absolute atomic E-state index is 13.9. The van der Waals surface area contributed by atoms with Crippen molar-refractivity contribution in [3.05, 3.63) is 66.4 Å². The molecule has 0 bridgehead atoms. The van der Waals surface area contributed by atoms with Crippen LogP contribution in [-0.2, 0) is 11.3 Å². The summed E-state index contributed by atoms with van der Waals surface area (Å²) in [5.74, 6) is -0.0458. The van der Waals surface area contributed by atoms with Crippen molar-refractivity contribution in [3.8, 4) is 0 Å². The molecule has 37 heavy (non-hydrogen) atoms. The summed E-state index contributed by atoms with van der Waals surface area (Å²) in [7, 11) is 1.67. The van der Waals surface area contributed by atoms with E-state index in [-0.39, 0.29) is 47.4 Å². The summed E-state index contributed by atoms with van der Waals surface area (Å²) < 4.78 is 13.6. The molecule has 0 saturated heterocycles. The number of fused-ring (bicyclic) bond motifs is 1. The van der Waals surface area contributed by atoms with Crippen molar-refractivity contribution in [2.24, 2.45) is 0 Å². The van der Waals surface area contributed by atoms with Crippen LogP contribution in [0.5, 0.6) is 0 Å². The molecule has 0 spiro atoms. The van der Waals surface area contributed by atoms with Crippen LogP contribution in [0.4, 0.5) is 26.6 Å². The Kier molecular flexibility index (Phi) is 8.02. The number of hydrogen-bond acceptors (Lipinski definition) is 7. The first kappa shape index (κ1) is 26.1. The standard InChI is InChI=1S/C25H28ClFN8O2/c1-3-21(36)31-17-5-4-6-19(11-17)35-23-15(12-30-24(33-23)32-20(13-29-2)22(26)28)14-34(25(35)37)18-9-7-16(27)8-10-18/h3,7-10,12-13,17,19,28-29H,1,4-6,11,14H2,2H3,(H,31,36)(H,30,32,33)/b20-13+,28-22?. The van der Waals surface area contributed by atoms with Gasteiger partial charge in [-0.05, 0) is 56.0 Å². The number of urea groups is 1. The van der Waals surface area contributed by atoms with E-state index in [1.165, 1.54) is 24.4 Å². The van der Waals surface area contributed by atoms with Crippen molar-refractivity contribution in [1.29, 1.82) is 5.41 Å². The lowest BCUT2D eigenvalue weighted by atomic mass is 9.89. The van der Waals surface area contributed by atoms with Gasteiger partial charge in [-0.25, -0.2) is 14.2 Å². The molecule has 1 fully saturated rings. The van der Waals surface area contributed by atoms with E-state index in [0.717, 1.165) is 12.8 Å². The number of nitrogens with zero attached hydrogens (tertiary/aromatic N) is 4. The number of benzene rings is 1. The molecule has 4 N–H and O–H groups in total. The van der Waals surface area contributed by atoms with Crippen LogP contribution in [0.3, 0.4) is 0 Å². The molecule has 2 aromatic rings. The number of amides is 3. The Balaban J connectivity index is 1.72. The smallest absolute Gasteiger partial charge is 0.330 e. The maximum atomic E-state index is 13.9. The Labute approximate surface area is 219 Å². The quantitative estimate of drug-likeness (QED) is 0.305. The zero-order valence-corrected chi connectivity index (χ0v) is 21.1. The molecule has 4 rings (SSSR count). The van der Waals surface area contributed by atoms with E-state index >= 15 is 0 Å². The molecule has 2 heterocycles. The fraction of sp³-hybridized carbons (Fsp3) is 0.320. The van der Waals surface area contributed by atoms with Crippen LogP contribution < -0.4 is 25.8 Å². The molecule has 2 atom stereocenters. The van der Waals surface area contributed by atoms with Crippen molar-refractivity contribution in [1.82, 2.24) is 20.6 Å². The Bertz CT molecular complexity index is 1240. The van der Waals surface area contributed by atoms with Gasteiger partial charge in [0.1, 0.15) is 16.8 Å². The van der Waals surface area contributed by atoms with Gasteiger partial charge >= 0.3 is 6.03 Å². The number of carbonyl (C=O) groups excluding carboxylic acids is 2. The second-order valence-electron chi connectivity index (χ2n) is 8.77. The van der Waals surface area contributed by atoms with Gasteiger partial charge in [-0.2, -0.15) is 4.98 Å². The fourth-order valence-corrected chi connectivity index (χ4v) is 4.70. The van der Waals surface area contributed by atoms with E-state index in [4.69, 9.17) is 17.0 Å². The molecule has 1 aromatic heterocycles. The average molecular weight is 527 g/mol. The Morgan fingerprint density at radius 1 is 1.30 bits per heavy atom. The number of halogens is 2. The summed E-state index contributed by atoms with van der Waals surface area (Å²) in [4.78, 5) is 38.0. The van der Waals surface area contributed by atoms with Crippen LogP contribution >= 0.6 is 11.6 Å². The third-order valence-electron chi connectivity index (χ3n) is 6.29. The second-order valence-corrected chi connectivity index (χ2v) is 9.15. The maximum Gasteiger partial charge on any atom is 0.330 e. The van der Waals surface area contributed by atoms with Gasteiger partial charge in [-0.1, -0.05) is 18.2 Å². The highest BCUT2D eigenvalue weighted by Gasteiger charge is 2.39. The fourth-order valence-electron chi connectivity index (χ4n) is 4.60. The van der Waals surface area contributed by atoms with Gasteiger partial charge in [-0.15, -0.1) is 0 Å². The SMILES string of the molecule is C=CC(=O)NC1CCCC(N2C(=O)N(c3ccc(F)cc3)Cc3cnc(N/C(=C/NC)C(=N)Cl)nc32)C1. The first-order valence-electron chi connectivity index (χ1n) is 11.8. The zero-order chi connectivity index (χ0) is 26.5. The molecule has 2 aliphatic rings. The third-order valence-corrected chi connectivity index (χ3v) is 6.49. The van der Waals surface area contributed by atoms with E-state index in [0.29, 0.717) is 29.9 Å². The van der Waals surface area contributed by atoms with E-state index in [1.54, 1.807) is 35.2 Å². The van der Waals surface area contributed by atoms with Crippen LogP contribution in [-0.4, -0.2) is 46.2 Å². The summed E-state index contributed by atoms with van der Waals surface area (Å²) in [6.07, 6.45) is 7.20. The van der Waals surface area contributed by atoms with Gasteiger partial charge in [0.15, 0.2) is 0 Å². The summed E-state index contributed by atoms with van der Waals surface area (Å²) in [6, 6.07) is 5.06. The number of carbonyl (C=O) groups is 2. The van der Waals surface area contributed by atoms with Crippen molar-refractivity contribution in [3.63, 3.8) is 0 Å². The van der Waals surface area contributed by atoms with Crippen LogP contribution in [0.1, 0.15) is 31.2 Å². The molecule has 10 nitrogen and oxygen atoms in total. The Hall–Kier alpha value is -3.99. The summed E-state index contributed by atoms with van der Waals surface area (Å²) >= 11 is 5.87. The van der Waals surface area contributed by atoms with Gasteiger partial charge in [0.05, 0.1) is 12.2 Å². The number of nitrogens with one attached hydrogen (secondary N) is 4. The highest BCUT2D eigenvalue weighted by atomic mass is 35.5. The predicted molar refractivity (Wildman–Crippen MR) is 141 cm³/mol. The number of hydrogen-bond donors (Lipinski definition) is 4. The summed E-state index contributed by atoms with van der Waals surface area (Å²) in [6.45, 7) is 3.72. The molecular weight excluding hydrogens is 499 g/mol. The van der Waals surface area contributed by atoms with Crippen molar-refractivity contribution in [2.45, 2.75) is 44.3 Å². The molecular formula is C25H28ClFN8O2. The van der Waals surface area contributed by atoms with Crippen LogP contribution in [0.15, 0.2) is 55.0 Å². The molecule has 1 aliphatic heterocycles. The average Bonchev–Trinajstić information content (AvgIpc) is 2.88. The zero-order valence-electron chi connectivity index (χ0n) is 20.3. The lowest BCUT2D eigenvalue weighted by molar-refractivity contribution is -0.117. The summed E-state index contributed by atoms with van der Waals surface area (Å²) in [5.41, 5.74) is 1.51. The van der Waals surface area contributed by atoms with E-state index in [2.05, 4.69) is 32.5 Å². The Morgan fingerprint density at radius 3 is 2.73 bits per heavy atom. The largest absolute Gasteiger partial charge is 0.392 e. The van der Waals surface area contributed by atoms with Crippen LogP contribution in [0.25, 0.3) is 0 Å². The molecule has 3 amide bonds. The molecule has 0 radical (unpaired) electrons. The molecule has 2 unspecified atom stereocenters. The van der Waals surface area contributed by atoms with E-state index in [1.807, 2.05) is 0 Å². The van der Waals surface area contributed by atoms with Crippen molar-refractivity contribution < 1.29 is 14.0 Å². The number of anilines is 3. The topological polar surface area (TPSA) is 126 Å². The predicted octanol–water partition coefficient (Wildman–Crippen LogP) is 3.86. The van der Waals surface area contributed by atoms with Gasteiger partial charge in [0.2, 0.25) is 11.9 Å². The lowest BCUT2D eigenvalue weighted by Crippen LogP contribution is -2.55. The first-order chi connectivity index (χ1) is 17.8. The van der Waals surface area contributed by atoms with Gasteiger partial charge in [0, 0.05) is 42.8 Å². The first-order valence-corrected chi connectivity index (χ1v) is 12.2. The minimum atomic E-state index is -0.395. The summed E-state index contributed by atoms with van der Waals surface area (Å²) in [5, 5.41) is 16.2. The molecule has 1 aromatic carbocycles. The molecule has 1 saturated carbocycles. The van der Waals surface area contributed by atoms with Crippen LogP contribution in [0.2, 0.25) is 0 Å². The van der Waals surface area contributed by atoms with Crippen molar-refractivity contribution >= 4 is 46.2 Å². The minimum Gasteiger partial charge on any atom is -0.392 e. The number of aromatic nitrogens is 2. The lowest BCUT2D eigenvalue weighted by Gasteiger charge is -2.43. The van der Waals surface area contributed by atoms with Gasteiger partial charge < -0.3 is 16.0 Å². The number of rotatable bonds is 8. The van der Waals surface area contributed by atoms with Gasteiger partial charge in [-0.3, -0.25) is 20.0 Å². The van der Waals surface area contributed by atoms with E-state index < -0.39 is 5.82 Å². The minimum absolute atomic E-state index is 0.122. The monoisotopic (exact) mass is 526 g/mol. The second kappa shape index (κ2) is 11.4. The molecule has 1 aliphatic carbocycles. The molecule has 12 heteroatoms. The van der Waals surface area contributed by atoms with Crippen molar-refractivity contribution in [2.75, 3.05) is 22.2 Å².